The molecular formula is C20H23FN2O4S. The lowest BCUT2D eigenvalue weighted by Crippen LogP contribution is -2.38. The second kappa shape index (κ2) is 9.25. The summed E-state index contributed by atoms with van der Waals surface area (Å²) in [4.78, 5) is 17.6. The molecular weight excluding hydrogens is 383 g/mol. The van der Waals surface area contributed by atoms with E-state index in [4.69, 9.17) is 9.47 Å². The standard InChI is InChI=1S/C20H23FN2O4S/c1-26-17-10-15(7-8-18(17)28-2)27-20-16(9-12(21)11-22-20)19(25)23-13-3-5-14(24)6-4-13/h7-11,13-14,24H,3-6H2,1-2H3,(H,23,25)/t13-,14-. The number of carbonyl (C=O) groups is 1. The average molecular weight is 406 g/mol. The maximum atomic E-state index is 13.7. The second-order valence-corrected chi connectivity index (χ2v) is 7.45. The first-order chi connectivity index (χ1) is 13.5. The van der Waals surface area contributed by atoms with Crippen molar-refractivity contribution < 1.29 is 23.8 Å². The number of nitrogens with one attached hydrogen (secondary N) is 1. The quantitative estimate of drug-likeness (QED) is 0.711. The van der Waals surface area contributed by atoms with E-state index >= 15 is 0 Å². The third-order valence-corrected chi connectivity index (χ3v) is 5.44. The van der Waals surface area contributed by atoms with E-state index in [2.05, 4.69) is 10.3 Å². The highest BCUT2D eigenvalue weighted by atomic mass is 32.2. The Balaban J connectivity index is 1.79. The molecule has 1 heterocycles. The number of halogens is 1. The van der Waals surface area contributed by atoms with Crippen LogP contribution < -0.4 is 14.8 Å². The number of benzene rings is 1. The highest BCUT2D eigenvalue weighted by molar-refractivity contribution is 7.98. The van der Waals surface area contributed by atoms with Gasteiger partial charge in [0.05, 0.1) is 19.4 Å². The summed E-state index contributed by atoms with van der Waals surface area (Å²) in [5.41, 5.74) is 0.0269. The molecule has 1 amide bonds. The zero-order chi connectivity index (χ0) is 20.1. The summed E-state index contributed by atoms with van der Waals surface area (Å²) >= 11 is 1.54. The molecule has 1 aromatic heterocycles. The van der Waals surface area contributed by atoms with Crippen LogP contribution in [0.2, 0.25) is 0 Å². The minimum absolute atomic E-state index is 0.0219. The average Bonchev–Trinajstić information content (AvgIpc) is 2.70. The van der Waals surface area contributed by atoms with Crippen LogP contribution >= 0.6 is 11.8 Å². The summed E-state index contributed by atoms with van der Waals surface area (Å²) in [5, 5.41) is 12.5. The van der Waals surface area contributed by atoms with E-state index in [0.717, 1.165) is 17.2 Å². The fourth-order valence-electron chi connectivity index (χ4n) is 3.15. The number of aliphatic hydroxyl groups is 1. The van der Waals surface area contributed by atoms with Crippen molar-refractivity contribution in [2.75, 3.05) is 13.4 Å². The lowest BCUT2D eigenvalue weighted by molar-refractivity contribution is 0.0864. The van der Waals surface area contributed by atoms with Crippen LogP contribution in [0.4, 0.5) is 4.39 Å². The first kappa shape index (κ1) is 20.4. The monoisotopic (exact) mass is 406 g/mol. The zero-order valence-electron chi connectivity index (χ0n) is 15.8. The van der Waals surface area contributed by atoms with Gasteiger partial charge in [0.15, 0.2) is 0 Å². The third-order valence-electron chi connectivity index (χ3n) is 4.66. The molecule has 1 aliphatic carbocycles. The van der Waals surface area contributed by atoms with Gasteiger partial charge in [-0.1, -0.05) is 0 Å². The molecule has 0 saturated heterocycles. The van der Waals surface area contributed by atoms with Crippen LogP contribution in [0.15, 0.2) is 35.4 Å². The Morgan fingerprint density at radius 1 is 1.29 bits per heavy atom. The number of carbonyl (C=O) groups excluding carboxylic acids is 1. The minimum Gasteiger partial charge on any atom is -0.495 e. The lowest BCUT2D eigenvalue weighted by atomic mass is 9.93. The largest absolute Gasteiger partial charge is 0.495 e. The predicted octanol–water partition coefficient (Wildman–Crippen LogP) is 3.78. The summed E-state index contributed by atoms with van der Waals surface area (Å²) in [7, 11) is 1.56. The van der Waals surface area contributed by atoms with E-state index in [1.54, 1.807) is 19.2 Å². The molecule has 2 aromatic rings. The van der Waals surface area contributed by atoms with E-state index in [-0.39, 0.29) is 23.6 Å². The number of hydrogen-bond acceptors (Lipinski definition) is 6. The molecule has 0 aliphatic heterocycles. The molecule has 1 aromatic carbocycles. The molecule has 3 rings (SSSR count). The van der Waals surface area contributed by atoms with E-state index in [9.17, 15) is 14.3 Å². The maximum Gasteiger partial charge on any atom is 0.257 e. The Hall–Kier alpha value is -2.32. The highest BCUT2D eigenvalue weighted by Crippen LogP contribution is 2.33. The summed E-state index contributed by atoms with van der Waals surface area (Å²) < 4.78 is 24.8. The smallest absolute Gasteiger partial charge is 0.257 e. The van der Waals surface area contributed by atoms with Crippen LogP contribution in [0, 0.1) is 5.82 Å². The fraction of sp³-hybridized carbons (Fsp3) is 0.400. The number of hydrogen-bond donors (Lipinski definition) is 2. The van der Waals surface area contributed by atoms with Gasteiger partial charge >= 0.3 is 0 Å². The van der Waals surface area contributed by atoms with Gasteiger partial charge in [0.25, 0.3) is 5.91 Å². The summed E-state index contributed by atoms with van der Waals surface area (Å²) in [5.74, 6) is 0.0270. The Kier molecular flexibility index (Phi) is 6.74. The number of aromatic nitrogens is 1. The first-order valence-corrected chi connectivity index (χ1v) is 10.3. The number of thioether (sulfide) groups is 1. The van der Waals surface area contributed by atoms with Crippen molar-refractivity contribution in [2.24, 2.45) is 0 Å². The van der Waals surface area contributed by atoms with Crippen LogP contribution in [0.25, 0.3) is 0 Å². The Bertz CT molecular complexity index is 841. The fourth-order valence-corrected chi connectivity index (χ4v) is 3.69. The molecule has 0 radical (unpaired) electrons. The van der Waals surface area contributed by atoms with Crippen LogP contribution in [0.3, 0.4) is 0 Å². The molecule has 0 atom stereocenters. The molecule has 1 fully saturated rings. The van der Waals surface area contributed by atoms with Gasteiger partial charge in [-0.2, -0.15) is 0 Å². The van der Waals surface area contributed by atoms with E-state index < -0.39 is 11.7 Å². The number of methoxy groups -OCH3 is 1. The van der Waals surface area contributed by atoms with Crippen molar-refractivity contribution in [3.05, 3.63) is 41.8 Å². The number of aliphatic hydroxyl groups excluding tert-OH is 1. The molecule has 150 valence electrons. The molecule has 28 heavy (non-hydrogen) atoms. The van der Waals surface area contributed by atoms with E-state index in [1.807, 2.05) is 12.3 Å². The van der Waals surface area contributed by atoms with Crippen molar-refractivity contribution in [3.63, 3.8) is 0 Å². The van der Waals surface area contributed by atoms with Crippen molar-refractivity contribution >= 4 is 17.7 Å². The predicted molar refractivity (Wildman–Crippen MR) is 105 cm³/mol. The van der Waals surface area contributed by atoms with Gasteiger partial charge in [0.1, 0.15) is 22.9 Å². The summed E-state index contributed by atoms with van der Waals surface area (Å²) in [6.07, 6.45) is 5.26. The number of amides is 1. The number of nitrogens with zero attached hydrogens (tertiary/aromatic N) is 1. The molecule has 0 bridgehead atoms. The van der Waals surface area contributed by atoms with Crippen molar-refractivity contribution in [3.8, 4) is 17.4 Å². The van der Waals surface area contributed by atoms with Crippen LogP contribution in [-0.2, 0) is 0 Å². The summed E-state index contributed by atoms with van der Waals surface area (Å²) in [6.45, 7) is 0. The number of rotatable bonds is 6. The first-order valence-electron chi connectivity index (χ1n) is 9.04. The van der Waals surface area contributed by atoms with Gasteiger partial charge in [-0.3, -0.25) is 4.79 Å². The topological polar surface area (TPSA) is 80.7 Å². The minimum atomic E-state index is -0.619. The Morgan fingerprint density at radius 2 is 2.04 bits per heavy atom. The van der Waals surface area contributed by atoms with Gasteiger partial charge in [-0.15, -0.1) is 11.8 Å². The van der Waals surface area contributed by atoms with E-state index in [1.165, 1.54) is 11.8 Å². The normalized spacial score (nSPS) is 19.1. The molecule has 1 aliphatic rings. The third kappa shape index (κ3) is 4.94. The lowest BCUT2D eigenvalue weighted by Gasteiger charge is -2.26. The van der Waals surface area contributed by atoms with Gasteiger partial charge in [0.2, 0.25) is 5.88 Å². The van der Waals surface area contributed by atoms with Gasteiger partial charge in [0, 0.05) is 17.0 Å². The molecule has 6 nitrogen and oxygen atoms in total. The van der Waals surface area contributed by atoms with Gasteiger partial charge in [-0.05, 0) is 50.1 Å². The molecule has 8 heteroatoms. The highest BCUT2D eigenvalue weighted by Gasteiger charge is 2.24. The van der Waals surface area contributed by atoms with Gasteiger partial charge in [-0.25, -0.2) is 9.37 Å². The van der Waals surface area contributed by atoms with Crippen molar-refractivity contribution in [2.45, 2.75) is 42.7 Å². The zero-order valence-corrected chi connectivity index (χ0v) is 16.6. The number of ether oxygens (including phenoxy) is 2. The van der Waals surface area contributed by atoms with Gasteiger partial charge < -0.3 is 19.9 Å². The van der Waals surface area contributed by atoms with Crippen LogP contribution in [0.1, 0.15) is 36.0 Å². The molecule has 1 saturated carbocycles. The van der Waals surface area contributed by atoms with Crippen LogP contribution in [0.5, 0.6) is 17.4 Å². The Labute approximate surface area is 167 Å². The van der Waals surface area contributed by atoms with Crippen molar-refractivity contribution in [1.82, 2.24) is 10.3 Å². The number of pyridine rings is 1. The van der Waals surface area contributed by atoms with Crippen LogP contribution in [-0.4, -0.2) is 41.5 Å². The maximum absolute atomic E-state index is 13.7. The second-order valence-electron chi connectivity index (χ2n) is 6.60. The SMILES string of the molecule is COc1cc(Oc2ncc(F)cc2C(=O)N[C@H]2CC[C@H](O)CC2)ccc1SC. The van der Waals surface area contributed by atoms with Crippen molar-refractivity contribution in [1.29, 1.82) is 0 Å². The molecule has 0 unspecified atom stereocenters. The molecule has 2 N–H and O–H groups in total. The van der Waals surface area contributed by atoms with E-state index in [0.29, 0.717) is 37.2 Å². The summed E-state index contributed by atoms with van der Waals surface area (Å²) in [6, 6.07) is 6.33. The molecule has 0 spiro atoms. The Morgan fingerprint density at radius 3 is 2.71 bits per heavy atom.